The molecule has 0 aliphatic heterocycles. The molecule has 0 bridgehead atoms. The number of aromatic amines is 1. The molecule has 0 aliphatic carbocycles. The fourth-order valence-electron chi connectivity index (χ4n) is 1.44. The Morgan fingerprint density at radius 1 is 1.32 bits per heavy atom. The molecule has 1 aromatic heterocycles. The number of aromatic nitrogens is 2. The van der Waals surface area contributed by atoms with Crippen molar-refractivity contribution >= 4 is 15.8 Å². The molecule has 0 unspecified atom stereocenters. The summed E-state index contributed by atoms with van der Waals surface area (Å²) in [6.45, 7) is 0.0349. The average Bonchev–Trinajstić information content (AvgIpc) is 2.88. The first kappa shape index (κ1) is 13.2. The lowest BCUT2D eigenvalue weighted by Crippen LogP contribution is -2.24. The maximum absolute atomic E-state index is 11.9. The van der Waals surface area contributed by atoms with Crippen molar-refractivity contribution < 1.29 is 13.3 Å². The molecular weight excluding hydrogens is 272 g/mol. The number of imidazole rings is 1. The minimum Gasteiger partial charge on any atom is -0.358 e. The molecule has 0 aliphatic rings. The molecule has 0 fully saturated rings. The highest BCUT2D eigenvalue weighted by atomic mass is 32.2. The molecule has 0 radical (unpaired) electrons. The summed E-state index contributed by atoms with van der Waals surface area (Å²) in [6, 6.07) is 8.81. The SMILES string of the molecule is O=[N+]([O-])c1[nH]cnc1S(=O)(=O)NCc1ccccc1. The van der Waals surface area contributed by atoms with Crippen LogP contribution in [0.4, 0.5) is 5.82 Å². The molecule has 2 rings (SSSR count). The van der Waals surface area contributed by atoms with Gasteiger partial charge in [0.2, 0.25) is 0 Å². The van der Waals surface area contributed by atoms with E-state index in [-0.39, 0.29) is 6.54 Å². The molecular formula is C10H10N4O4S. The molecule has 100 valence electrons. The van der Waals surface area contributed by atoms with E-state index in [1.807, 2.05) is 0 Å². The summed E-state index contributed by atoms with van der Waals surface area (Å²) in [5, 5.41) is 10.0. The third-order valence-corrected chi connectivity index (χ3v) is 3.66. The first-order valence-electron chi connectivity index (χ1n) is 5.22. The monoisotopic (exact) mass is 282 g/mol. The van der Waals surface area contributed by atoms with Crippen LogP contribution in [0, 0.1) is 10.1 Å². The second-order valence-corrected chi connectivity index (χ2v) is 5.31. The van der Waals surface area contributed by atoms with E-state index >= 15 is 0 Å². The number of nitrogens with zero attached hydrogens (tertiary/aromatic N) is 2. The van der Waals surface area contributed by atoms with Gasteiger partial charge in [-0.15, -0.1) is 0 Å². The molecule has 9 heteroatoms. The van der Waals surface area contributed by atoms with Crippen molar-refractivity contribution in [1.82, 2.24) is 14.7 Å². The highest BCUT2D eigenvalue weighted by molar-refractivity contribution is 7.89. The Balaban J connectivity index is 2.19. The predicted molar refractivity (Wildman–Crippen MR) is 65.7 cm³/mol. The molecule has 0 spiro atoms. The summed E-state index contributed by atoms with van der Waals surface area (Å²) in [5.74, 6) is -0.652. The summed E-state index contributed by atoms with van der Waals surface area (Å²) in [5.41, 5.74) is 0.740. The Bertz CT molecular complexity index is 681. The molecule has 0 atom stereocenters. The van der Waals surface area contributed by atoms with E-state index in [0.717, 1.165) is 11.9 Å². The van der Waals surface area contributed by atoms with Gasteiger partial charge in [0, 0.05) is 6.54 Å². The highest BCUT2D eigenvalue weighted by Crippen LogP contribution is 2.18. The second kappa shape index (κ2) is 5.16. The van der Waals surface area contributed by atoms with E-state index in [0.29, 0.717) is 0 Å². The number of hydrogen-bond acceptors (Lipinski definition) is 5. The second-order valence-electron chi connectivity index (χ2n) is 3.62. The minimum absolute atomic E-state index is 0.0349. The van der Waals surface area contributed by atoms with Crippen LogP contribution in [0.25, 0.3) is 0 Å². The van der Waals surface area contributed by atoms with Crippen LogP contribution in [-0.2, 0) is 16.6 Å². The number of sulfonamides is 1. The molecule has 2 aromatic rings. The zero-order valence-corrected chi connectivity index (χ0v) is 10.4. The minimum atomic E-state index is -4.02. The standard InChI is InChI=1S/C10H10N4O4S/c15-14(16)9-10(12-7-11-9)19(17,18)13-6-8-4-2-1-3-5-8/h1-5,7,13H,6H2,(H,11,12). The summed E-state index contributed by atoms with van der Waals surface area (Å²) in [4.78, 5) is 15.5. The third-order valence-electron chi connectivity index (χ3n) is 2.33. The van der Waals surface area contributed by atoms with Gasteiger partial charge in [0.25, 0.3) is 15.0 Å². The molecule has 19 heavy (non-hydrogen) atoms. The number of rotatable bonds is 5. The van der Waals surface area contributed by atoms with Crippen LogP contribution in [-0.4, -0.2) is 23.3 Å². The van der Waals surface area contributed by atoms with E-state index in [4.69, 9.17) is 0 Å². The van der Waals surface area contributed by atoms with Crippen molar-refractivity contribution in [2.45, 2.75) is 11.6 Å². The highest BCUT2D eigenvalue weighted by Gasteiger charge is 2.28. The van der Waals surface area contributed by atoms with E-state index in [9.17, 15) is 18.5 Å². The van der Waals surface area contributed by atoms with Gasteiger partial charge < -0.3 is 10.1 Å². The lowest BCUT2D eigenvalue weighted by molar-refractivity contribution is -0.392. The van der Waals surface area contributed by atoms with Gasteiger partial charge in [-0.05, 0) is 10.5 Å². The zero-order valence-electron chi connectivity index (χ0n) is 9.61. The lowest BCUT2D eigenvalue weighted by Gasteiger charge is -2.04. The van der Waals surface area contributed by atoms with E-state index in [1.54, 1.807) is 30.3 Å². The van der Waals surface area contributed by atoms with Crippen molar-refractivity contribution in [3.63, 3.8) is 0 Å². The van der Waals surface area contributed by atoms with Gasteiger partial charge in [0.05, 0.1) is 0 Å². The van der Waals surface area contributed by atoms with Crippen molar-refractivity contribution in [3.05, 3.63) is 52.3 Å². The van der Waals surface area contributed by atoms with E-state index in [2.05, 4.69) is 14.7 Å². The van der Waals surface area contributed by atoms with Crippen molar-refractivity contribution in [2.75, 3.05) is 0 Å². The van der Waals surface area contributed by atoms with Gasteiger partial charge in [-0.1, -0.05) is 30.3 Å². The van der Waals surface area contributed by atoms with Crippen molar-refractivity contribution in [1.29, 1.82) is 0 Å². The van der Waals surface area contributed by atoms with Gasteiger partial charge in [-0.3, -0.25) is 0 Å². The Labute approximate surface area is 108 Å². The fourth-order valence-corrected chi connectivity index (χ4v) is 2.52. The lowest BCUT2D eigenvalue weighted by atomic mass is 10.2. The van der Waals surface area contributed by atoms with Crippen molar-refractivity contribution in [2.24, 2.45) is 0 Å². The van der Waals surface area contributed by atoms with Crippen LogP contribution in [0.15, 0.2) is 41.7 Å². The Kier molecular flexibility index (Phi) is 3.58. The fraction of sp³-hybridized carbons (Fsp3) is 0.100. The predicted octanol–water partition coefficient (Wildman–Crippen LogP) is 0.796. The van der Waals surface area contributed by atoms with Gasteiger partial charge in [-0.25, -0.2) is 18.1 Å². The van der Waals surface area contributed by atoms with E-state index < -0.39 is 25.8 Å². The van der Waals surface area contributed by atoms with E-state index in [1.165, 1.54) is 0 Å². The van der Waals surface area contributed by atoms with Gasteiger partial charge in [0.1, 0.15) is 0 Å². The average molecular weight is 282 g/mol. The number of hydrogen-bond donors (Lipinski definition) is 2. The van der Waals surface area contributed by atoms with Crippen LogP contribution in [0.3, 0.4) is 0 Å². The zero-order chi connectivity index (χ0) is 13.9. The first-order chi connectivity index (χ1) is 9.00. The number of nitrogens with one attached hydrogen (secondary N) is 2. The van der Waals surface area contributed by atoms with Crippen LogP contribution < -0.4 is 4.72 Å². The molecule has 8 nitrogen and oxygen atoms in total. The van der Waals surface area contributed by atoms with Crippen LogP contribution in [0.5, 0.6) is 0 Å². The maximum atomic E-state index is 11.9. The normalized spacial score (nSPS) is 11.4. The van der Waals surface area contributed by atoms with Crippen LogP contribution in [0.2, 0.25) is 0 Å². The first-order valence-corrected chi connectivity index (χ1v) is 6.70. The summed E-state index contributed by atoms with van der Waals surface area (Å²) >= 11 is 0. The smallest absolute Gasteiger partial charge is 0.358 e. The third kappa shape index (κ3) is 2.95. The molecule has 1 heterocycles. The number of benzene rings is 1. The van der Waals surface area contributed by atoms with Gasteiger partial charge >= 0.3 is 5.82 Å². The molecule has 1 aromatic carbocycles. The maximum Gasteiger partial charge on any atom is 0.361 e. The number of nitro groups is 1. The quantitative estimate of drug-likeness (QED) is 0.621. The van der Waals surface area contributed by atoms with Gasteiger partial charge in [0.15, 0.2) is 6.33 Å². The Morgan fingerprint density at radius 3 is 2.63 bits per heavy atom. The van der Waals surface area contributed by atoms with Crippen LogP contribution in [0.1, 0.15) is 5.56 Å². The molecule has 0 saturated heterocycles. The Hall–Kier alpha value is -2.26. The van der Waals surface area contributed by atoms with Crippen LogP contribution >= 0.6 is 0 Å². The Morgan fingerprint density at radius 2 is 2.00 bits per heavy atom. The van der Waals surface area contributed by atoms with Gasteiger partial charge in [-0.2, -0.15) is 4.98 Å². The molecule has 2 N–H and O–H groups in total. The largest absolute Gasteiger partial charge is 0.361 e. The molecule has 0 amide bonds. The summed E-state index contributed by atoms with van der Waals surface area (Å²) in [6.07, 6.45) is 0.967. The summed E-state index contributed by atoms with van der Waals surface area (Å²) < 4.78 is 26.0. The van der Waals surface area contributed by atoms with Crippen molar-refractivity contribution in [3.8, 4) is 0 Å². The topological polar surface area (TPSA) is 118 Å². The number of H-pyrrole nitrogens is 1. The molecule has 0 saturated carbocycles. The summed E-state index contributed by atoms with van der Waals surface area (Å²) in [7, 11) is -4.02.